The number of hydrogen-bond donors (Lipinski definition) is 1. The van der Waals surface area contributed by atoms with E-state index in [1.165, 1.54) is 19.3 Å². The van der Waals surface area contributed by atoms with Crippen molar-refractivity contribution in [3.05, 3.63) is 0 Å². The molecule has 90 valence electrons. The summed E-state index contributed by atoms with van der Waals surface area (Å²) in [4.78, 5) is 10.9. The molecule has 2 N–H and O–H groups in total. The van der Waals surface area contributed by atoms with Gasteiger partial charge in [-0.05, 0) is 18.8 Å². The number of hydrogen-bond acceptors (Lipinski definition) is 2. The second kappa shape index (κ2) is 8.72. The van der Waals surface area contributed by atoms with Crippen LogP contribution in [0.2, 0.25) is 0 Å². The number of carbonyl (C=O) groups is 1. The van der Waals surface area contributed by atoms with Gasteiger partial charge in [0.2, 0.25) is 5.91 Å². The van der Waals surface area contributed by atoms with Crippen LogP contribution in [-0.2, 0) is 9.53 Å². The van der Waals surface area contributed by atoms with E-state index < -0.39 is 6.10 Å². The summed E-state index contributed by atoms with van der Waals surface area (Å²) in [7, 11) is 0. The van der Waals surface area contributed by atoms with Crippen molar-refractivity contribution in [3.63, 3.8) is 0 Å². The molecule has 0 saturated carbocycles. The van der Waals surface area contributed by atoms with Crippen molar-refractivity contribution in [2.75, 3.05) is 6.61 Å². The number of rotatable bonds is 9. The Hall–Kier alpha value is -0.570. The first-order valence-corrected chi connectivity index (χ1v) is 6.06. The van der Waals surface area contributed by atoms with Gasteiger partial charge in [-0.25, -0.2) is 0 Å². The summed E-state index contributed by atoms with van der Waals surface area (Å²) in [5, 5.41) is 0. The van der Waals surface area contributed by atoms with E-state index >= 15 is 0 Å². The highest BCUT2D eigenvalue weighted by atomic mass is 16.5. The Morgan fingerprint density at radius 1 is 1.27 bits per heavy atom. The van der Waals surface area contributed by atoms with Gasteiger partial charge in [0, 0.05) is 0 Å². The quantitative estimate of drug-likeness (QED) is 0.642. The summed E-state index contributed by atoms with van der Waals surface area (Å²) < 4.78 is 5.53. The van der Waals surface area contributed by atoms with Gasteiger partial charge in [0.15, 0.2) is 0 Å². The highest BCUT2D eigenvalue weighted by Gasteiger charge is 2.15. The van der Waals surface area contributed by atoms with Gasteiger partial charge >= 0.3 is 0 Å². The molecule has 0 heterocycles. The number of primary amides is 1. The Morgan fingerprint density at radius 3 is 2.33 bits per heavy atom. The molecule has 3 heteroatoms. The predicted octanol–water partition coefficient (Wildman–Crippen LogP) is 2.48. The van der Waals surface area contributed by atoms with Crippen LogP contribution in [-0.4, -0.2) is 18.6 Å². The maximum absolute atomic E-state index is 10.9. The van der Waals surface area contributed by atoms with Crippen molar-refractivity contribution in [2.24, 2.45) is 11.7 Å². The molecule has 0 bridgehead atoms. The molecule has 15 heavy (non-hydrogen) atoms. The largest absolute Gasteiger partial charge is 0.368 e. The summed E-state index contributed by atoms with van der Waals surface area (Å²) in [6.07, 6.45) is 5.00. The lowest BCUT2D eigenvalue weighted by atomic mass is 10.0. The Bertz CT molecular complexity index is 171. The smallest absolute Gasteiger partial charge is 0.246 e. The fourth-order valence-corrected chi connectivity index (χ4v) is 1.55. The van der Waals surface area contributed by atoms with Crippen molar-refractivity contribution in [1.82, 2.24) is 0 Å². The molecular formula is C12H25NO2. The number of carbonyl (C=O) groups excluding carboxylic acids is 1. The van der Waals surface area contributed by atoms with Gasteiger partial charge in [-0.15, -0.1) is 0 Å². The molecule has 0 radical (unpaired) electrons. The van der Waals surface area contributed by atoms with E-state index in [1.807, 2.05) is 6.92 Å². The molecule has 0 aromatic carbocycles. The van der Waals surface area contributed by atoms with Gasteiger partial charge in [0.25, 0.3) is 0 Å². The summed E-state index contributed by atoms with van der Waals surface area (Å²) in [5.41, 5.74) is 5.21. The molecule has 0 spiro atoms. The Labute approximate surface area is 93.4 Å². The van der Waals surface area contributed by atoms with E-state index in [4.69, 9.17) is 10.5 Å². The molecule has 0 fully saturated rings. The van der Waals surface area contributed by atoms with Crippen LogP contribution in [0.5, 0.6) is 0 Å². The highest BCUT2D eigenvalue weighted by Crippen LogP contribution is 2.14. The van der Waals surface area contributed by atoms with Crippen LogP contribution in [0, 0.1) is 5.92 Å². The SMILES string of the molecule is CCCCC(CC)COC(CC)C(N)=O. The Morgan fingerprint density at radius 2 is 1.93 bits per heavy atom. The van der Waals surface area contributed by atoms with Crippen LogP contribution in [0.3, 0.4) is 0 Å². The number of nitrogens with two attached hydrogens (primary N) is 1. The van der Waals surface area contributed by atoms with E-state index in [0.29, 0.717) is 18.9 Å². The van der Waals surface area contributed by atoms with Crippen LogP contribution in [0.15, 0.2) is 0 Å². The first kappa shape index (κ1) is 14.4. The minimum Gasteiger partial charge on any atom is -0.368 e. The van der Waals surface area contributed by atoms with Gasteiger partial charge in [-0.2, -0.15) is 0 Å². The molecule has 0 aliphatic heterocycles. The molecule has 1 amide bonds. The minimum absolute atomic E-state index is 0.345. The molecule has 0 aliphatic rings. The summed E-state index contributed by atoms with van der Waals surface area (Å²) >= 11 is 0. The van der Waals surface area contributed by atoms with Crippen LogP contribution in [0.1, 0.15) is 52.9 Å². The summed E-state index contributed by atoms with van der Waals surface area (Å²) in [5.74, 6) is 0.223. The normalized spacial score (nSPS) is 14.9. The van der Waals surface area contributed by atoms with E-state index in [1.54, 1.807) is 0 Å². The number of ether oxygens (including phenoxy) is 1. The molecule has 3 nitrogen and oxygen atoms in total. The number of amides is 1. The monoisotopic (exact) mass is 215 g/mol. The predicted molar refractivity (Wildman–Crippen MR) is 62.5 cm³/mol. The minimum atomic E-state index is -0.402. The lowest BCUT2D eigenvalue weighted by Gasteiger charge is -2.18. The topological polar surface area (TPSA) is 52.3 Å². The van der Waals surface area contributed by atoms with Gasteiger partial charge in [-0.3, -0.25) is 4.79 Å². The van der Waals surface area contributed by atoms with Crippen LogP contribution in [0.4, 0.5) is 0 Å². The average molecular weight is 215 g/mol. The van der Waals surface area contributed by atoms with Crippen molar-refractivity contribution >= 4 is 5.91 Å². The fourth-order valence-electron chi connectivity index (χ4n) is 1.55. The Kier molecular flexibility index (Phi) is 8.38. The van der Waals surface area contributed by atoms with Crippen molar-refractivity contribution in [2.45, 2.75) is 59.0 Å². The second-order valence-electron chi connectivity index (χ2n) is 4.05. The van der Waals surface area contributed by atoms with Gasteiger partial charge in [0.05, 0.1) is 6.61 Å². The van der Waals surface area contributed by atoms with Crippen molar-refractivity contribution < 1.29 is 9.53 Å². The molecule has 0 aromatic rings. The molecule has 0 rings (SSSR count). The third-order valence-electron chi connectivity index (χ3n) is 2.76. The van der Waals surface area contributed by atoms with Gasteiger partial charge in [0.1, 0.15) is 6.10 Å². The standard InChI is InChI=1S/C12H25NO2/c1-4-7-8-10(5-2)9-15-11(6-3)12(13)14/h10-11H,4-9H2,1-3H3,(H2,13,14). The van der Waals surface area contributed by atoms with E-state index in [-0.39, 0.29) is 5.91 Å². The molecule has 2 atom stereocenters. The molecule has 2 unspecified atom stereocenters. The van der Waals surface area contributed by atoms with Crippen LogP contribution in [0.25, 0.3) is 0 Å². The average Bonchev–Trinajstić information content (AvgIpc) is 2.23. The first-order valence-electron chi connectivity index (χ1n) is 6.06. The molecule has 0 saturated heterocycles. The lowest BCUT2D eigenvalue weighted by Crippen LogP contribution is -2.32. The molecule has 0 aromatic heterocycles. The lowest BCUT2D eigenvalue weighted by molar-refractivity contribution is -0.130. The molecular weight excluding hydrogens is 190 g/mol. The zero-order valence-electron chi connectivity index (χ0n) is 10.3. The number of unbranched alkanes of at least 4 members (excludes halogenated alkanes) is 1. The maximum Gasteiger partial charge on any atom is 0.246 e. The van der Waals surface area contributed by atoms with Crippen molar-refractivity contribution in [3.8, 4) is 0 Å². The highest BCUT2D eigenvalue weighted by molar-refractivity contribution is 5.78. The van der Waals surface area contributed by atoms with Gasteiger partial charge < -0.3 is 10.5 Å². The maximum atomic E-state index is 10.9. The zero-order chi connectivity index (χ0) is 11.7. The summed E-state index contributed by atoms with van der Waals surface area (Å²) in [6, 6.07) is 0. The van der Waals surface area contributed by atoms with E-state index in [9.17, 15) is 4.79 Å². The van der Waals surface area contributed by atoms with Crippen LogP contribution < -0.4 is 5.73 Å². The van der Waals surface area contributed by atoms with Crippen molar-refractivity contribution in [1.29, 1.82) is 0 Å². The van der Waals surface area contributed by atoms with E-state index in [2.05, 4.69) is 13.8 Å². The van der Waals surface area contributed by atoms with Gasteiger partial charge in [-0.1, -0.05) is 40.0 Å². The first-order chi connectivity index (χ1) is 7.15. The Balaban J connectivity index is 3.81. The fraction of sp³-hybridized carbons (Fsp3) is 0.917. The third-order valence-corrected chi connectivity index (χ3v) is 2.76. The zero-order valence-corrected chi connectivity index (χ0v) is 10.3. The molecule has 0 aliphatic carbocycles. The second-order valence-corrected chi connectivity index (χ2v) is 4.05. The van der Waals surface area contributed by atoms with E-state index in [0.717, 1.165) is 6.42 Å². The van der Waals surface area contributed by atoms with Crippen LogP contribution >= 0.6 is 0 Å². The summed E-state index contributed by atoms with van der Waals surface area (Å²) in [6.45, 7) is 6.93. The third kappa shape index (κ3) is 6.50.